The fourth-order valence-electron chi connectivity index (χ4n) is 3.77. The molecule has 3 aliphatic heterocycles. The molecule has 3 heteroatoms. The summed E-state index contributed by atoms with van der Waals surface area (Å²) in [5, 5.41) is 0. The van der Waals surface area contributed by atoms with Gasteiger partial charge in [-0.3, -0.25) is 0 Å². The van der Waals surface area contributed by atoms with E-state index in [1.165, 1.54) is 77.8 Å². The van der Waals surface area contributed by atoms with Crippen LogP contribution in [-0.4, -0.2) is 72.1 Å². The van der Waals surface area contributed by atoms with Crippen LogP contribution in [0, 0.1) is 0 Å². The van der Waals surface area contributed by atoms with Crippen LogP contribution >= 0.6 is 0 Å². The first-order valence-corrected chi connectivity index (χ1v) is 10.6. The van der Waals surface area contributed by atoms with E-state index in [4.69, 9.17) is 0 Å². The van der Waals surface area contributed by atoms with Crippen molar-refractivity contribution in [1.82, 2.24) is 14.7 Å². The third kappa shape index (κ3) is 8.82. The Labute approximate surface area is 152 Å². The van der Waals surface area contributed by atoms with Crippen molar-refractivity contribution in [3.05, 3.63) is 0 Å². The maximum absolute atomic E-state index is 2.53. The van der Waals surface area contributed by atoms with Gasteiger partial charge in [0.2, 0.25) is 0 Å². The van der Waals surface area contributed by atoms with Crippen molar-refractivity contribution in [2.24, 2.45) is 0 Å². The summed E-state index contributed by atoms with van der Waals surface area (Å²) in [5.74, 6) is 0. The Balaban J connectivity index is 0.000000180. The minimum absolute atomic E-state index is 0.775. The molecule has 3 nitrogen and oxygen atoms in total. The molecular formula is C21H45N3. The summed E-state index contributed by atoms with van der Waals surface area (Å²) >= 11 is 0. The summed E-state index contributed by atoms with van der Waals surface area (Å²) in [6.07, 6.45) is 8.49. The number of hydrogen-bond acceptors (Lipinski definition) is 3. The summed E-state index contributed by atoms with van der Waals surface area (Å²) in [6, 6.07) is 2.33. The summed E-state index contributed by atoms with van der Waals surface area (Å²) in [7, 11) is 0. The lowest BCUT2D eigenvalue weighted by Gasteiger charge is -2.18. The third-order valence-corrected chi connectivity index (χ3v) is 5.61. The highest BCUT2D eigenvalue weighted by molar-refractivity contribution is 4.70. The largest absolute Gasteiger partial charge is 0.301 e. The summed E-state index contributed by atoms with van der Waals surface area (Å²) < 4.78 is 0. The second kappa shape index (κ2) is 12.3. The van der Waals surface area contributed by atoms with Gasteiger partial charge in [-0.2, -0.15) is 0 Å². The van der Waals surface area contributed by atoms with Gasteiger partial charge in [0, 0.05) is 18.1 Å². The van der Waals surface area contributed by atoms with Crippen LogP contribution in [0.25, 0.3) is 0 Å². The Morgan fingerprint density at radius 1 is 0.375 bits per heavy atom. The Bertz CT molecular complexity index is 236. The molecule has 0 N–H and O–H groups in total. The molecule has 0 bridgehead atoms. The van der Waals surface area contributed by atoms with E-state index in [-0.39, 0.29) is 0 Å². The zero-order chi connectivity index (χ0) is 17.9. The Morgan fingerprint density at radius 3 is 0.625 bits per heavy atom. The molecule has 3 heterocycles. The van der Waals surface area contributed by atoms with Crippen LogP contribution in [0.4, 0.5) is 0 Å². The second-order valence-electron chi connectivity index (χ2n) is 8.51. The number of likely N-dealkylation sites (tertiary alicyclic amines) is 3. The average molecular weight is 340 g/mol. The first kappa shape index (κ1) is 21.9. The van der Waals surface area contributed by atoms with Crippen molar-refractivity contribution < 1.29 is 0 Å². The topological polar surface area (TPSA) is 9.72 Å². The van der Waals surface area contributed by atoms with E-state index < -0.39 is 0 Å². The fraction of sp³-hybridized carbons (Fsp3) is 1.00. The van der Waals surface area contributed by atoms with Gasteiger partial charge in [0.1, 0.15) is 0 Å². The molecule has 0 saturated carbocycles. The van der Waals surface area contributed by atoms with E-state index in [2.05, 4.69) is 56.2 Å². The molecule has 0 atom stereocenters. The van der Waals surface area contributed by atoms with E-state index in [9.17, 15) is 0 Å². The average Bonchev–Trinajstić information content (AvgIpc) is 3.29. The summed E-state index contributed by atoms with van der Waals surface area (Å²) in [4.78, 5) is 7.58. The molecule has 24 heavy (non-hydrogen) atoms. The van der Waals surface area contributed by atoms with Gasteiger partial charge in [-0.15, -0.1) is 0 Å². The molecule has 3 aliphatic rings. The van der Waals surface area contributed by atoms with Crippen molar-refractivity contribution in [2.75, 3.05) is 39.3 Å². The van der Waals surface area contributed by atoms with Gasteiger partial charge in [0.05, 0.1) is 0 Å². The zero-order valence-electron chi connectivity index (χ0n) is 17.6. The van der Waals surface area contributed by atoms with Crippen molar-refractivity contribution >= 4 is 0 Å². The fourth-order valence-corrected chi connectivity index (χ4v) is 3.77. The summed E-state index contributed by atoms with van der Waals surface area (Å²) in [5.41, 5.74) is 0. The molecule has 3 rings (SSSR count). The number of rotatable bonds is 3. The molecule has 0 radical (unpaired) electrons. The van der Waals surface area contributed by atoms with Crippen LogP contribution in [0.3, 0.4) is 0 Å². The van der Waals surface area contributed by atoms with Crippen molar-refractivity contribution in [3.8, 4) is 0 Å². The first-order chi connectivity index (χ1) is 11.4. The SMILES string of the molecule is CC(C)N1CCCC1.CC(C)N1CCCC1.CC(C)N1CCCC1. The van der Waals surface area contributed by atoms with Crippen molar-refractivity contribution in [2.45, 2.75) is 98.2 Å². The quantitative estimate of drug-likeness (QED) is 0.751. The highest BCUT2D eigenvalue weighted by atomic mass is 15.2. The number of hydrogen-bond donors (Lipinski definition) is 0. The highest BCUT2D eigenvalue weighted by Gasteiger charge is 2.14. The molecule has 0 aromatic rings. The van der Waals surface area contributed by atoms with Crippen molar-refractivity contribution in [1.29, 1.82) is 0 Å². The maximum Gasteiger partial charge on any atom is 0.00385 e. The van der Waals surface area contributed by atoms with Gasteiger partial charge in [-0.25, -0.2) is 0 Å². The highest BCUT2D eigenvalue weighted by Crippen LogP contribution is 2.11. The van der Waals surface area contributed by atoms with E-state index in [1.54, 1.807) is 0 Å². The minimum Gasteiger partial charge on any atom is -0.301 e. The molecule has 0 aliphatic carbocycles. The maximum atomic E-state index is 2.53. The van der Waals surface area contributed by atoms with E-state index in [0.29, 0.717) is 0 Å². The van der Waals surface area contributed by atoms with E-state index in [0.717, 1.165) is 18.1 Å². The lowest BCUT2D eigenvalue weighted by Crippen LogP contribution is -2.26. The van der Waals surface area contributed by atoms with Crippen LogP contribution in [0.15, 0.2) is 0 Å². The van der Waals surface area contributed by atoms with Gasteiger partial charge >= 0.3 is 0 Å². The first-order valence-electron chi connectivity index (χ1n) is 10.6. The molecule has 0 aromatic heterocycles. The molecule has 3 saturated heterocycles. The second-order valence-corrected chi connectivity index (χ2v) is 8.51. The van der Waals surface area contributed by atoms with Crippen LogP contribution in [0.1, 0.15) is 80.1 Å². The smallest absolute Gasteiger partial charge is 0.00385 e. The van der Waals surface area contributed by atoms with Crippen molar-refractivity contribution in [3.63, 3.8) is 0 Å². The molecule has 144 valence electrons. The molecule has 3 fully saturated rings. The zero-order valence-corrected chi connectivity index (χ0v) is 17.6. The van der Waals surface area contributed by atoms with Gasteiger partial charge < -0.3 is 14.7 Å². The normalized spacial score (nSPS) is 22.9. The standard InChI is InChI=1S/3C7H15N/c3*1-7(2)8-5-3-4-6-8/h3*7H,3-6H2,1-2H3. The predicted octanol–water partition coefficient (Wildman–Crippen LogP) is 4.47. The monoisotopic (exact) mass is 339 g/mol. The predicted molar refractivity (Wildman–Crippen MR) is 108 cm³/mol. The van der Waals surface area contributed by atoms with Gasteiger partial charge in [0.25, 0.3) is 0 Å². The van der Waals surface area contributed by atoms with Crippen LogP contribution in [-0.2, 0) is 0 Å². The Hall–Kier alpha value is -0.120. The van der Waals surface area contributed by atoms with Gasteiger partial charge in [0.15, 0.2) is 0 Å². The molecule has 0 aromatic carbocycles. The third-order valence-electron chi connectivity index (χ3n) is 5.61. The lowest BCUT2D eigenvalue weighted by atomic mass is 10.3. The Morgan fingerprint density at radius 2 is 0.542 bits per heavy atom. The molecule has 0 spiro atoms. The van der Waals surface area contributed by atoms with Crippen LogP contribution < -0.4 is 0 Å². The minimum atomic E-state index is 0.775. The van der Waals surface area contributed by atoms with E-state index in [1.807, 2.05) is 0 Å². The van der Waals surface area contributed by atoms with Gasteiger partial charge in [-0.1, -0.05) is 0 Å². The molecule has 0 unspecified atom stereocenters. The molecule has 0 amide bonds. The molecular weight excluding hydrogens is 294 g/mol. The van der Waals surface area contributed by atoms with Crippen LogP contribution in [0.2, 0.25) is 0 Å². The lowest BCUT2D eigenvalue weighted by molar-refractivity contribution is 0.276. The van der Waals surface area contributed by atoms with Crippen LogP contribution in [0.5, 0.6) is 0 Å². The summed E-state index contributed by atoms with van der Waals surface area (Å²) in [6.45, 7) is 21.6. The van der Waals surface area contributed by atoms with Gasteiger partial charge in [-0.05, 0) is 119 Å². The van der Waals surface area contributed by atoms with E-state index >= 15 is 0 Å². The number of nitrogens with zero attached hydrogens (tertiary/aromatic N) is 3. The Kier molecular flexibility index (Phi) is 11.2.